The number of alkyl halides is 2. The minimum absolute atomic E-state index is 0.0811. The number of carbonyl (C=O) groups is 1. The predicted octanol–water partition coefficient (Wildman–Crippen LogP) is 5.23. The van der Waals surface area contributed by atoms with Gasteiger partial charge in [-0.3, -0.25) is 0 Å². The normalized spacial score (nSPS) is 19.9. The van der Waals surface area contributed by atoms with Crippen LogP contribution in [0.15, 0.2) is 12.1 Å². The maximum absolute atomic E-state index is 13.1. The van der Waals surface area contributed by atoms with Crippen molar-refractivity contribution >= 4 is 17.7 Å². The number of amides is 1. The summed E-state index contributed by atoms with van der Waals surface area (Å²) < 4.78 is 37.4. The molecule has 0 radical (unpaired) electrons. The molecule has 1 saturated carbocycles. The fraction of sp³-hybridized carbons (Fsp3) is 0.684. The average molecular weight is 403 g/mol. The van der Waals surface area contributed by atoms with E-state index < -0.39 is 12.0 Å². The summed E-state index contributed by atoms with van der Waals surface area (Å²) >= 11 is 5.82. The summed E-state index contributed by atoms with van der Waals surface area (Å²) in [6.07, 6.45) is 0.112. The van der Waals surface area contributed by atoms with Gasteiger partial charge in [0.1, 0.15) is 16.9 Å². The molecule has 2 fully saturated rings. The van der Waals surface area contributed by atoms with Gasteiger partial charge in [-0.2, -0.15) is 0 Å². The molecule has 1 aromatic rings. The second-order valence-corrected chi connectivity index (χ2v) is 8.87. The number of halogens is 3. The van der Waals surface area contributed by atoms with Crippen LogP contribution in [0.1, 0.15) is 58.4 Å². The summed E-state index contributed by atoms with van der Waals surface area (Å²) in [7, 11) is 0. The molecule has 1 amide bonds. The van der Waals surface area contributed by atoms with Gasteiger partial charge in [0, 0.05) is 18.5 Å². The van der Waals surface area contributed by atoms with Crippen molar-refractivity contribution in [2.45, 2.75) is 64.6 Å². The summed E-state index contributed by atoms with van der Waals surface area (Å²) in [5, 5.41) is 0.133. The zero-order valence-electron chi connectivity index (χ0n) is 15.8. The van der Waals surface area contributed by atoms with E-state index in [1.165, 1.54) is 12.1 Å². The molecule has 2 heterocycles. The van der Waals surface area contributed by atoms with Gasteiger partial charge in [0.05, 0.1) is 5.56 Å². The molecule has 5 nitrogen and oxygen atoms in total. The number of hydrogen-bond donors (Lipinski definition) is 0. The van der Waals surface area contributed by atoms with E-state index in [9.17, 15) is 13.6 Å². The minimum atomic E-state index is -2.66. The van der Waals surface area contributed by atoms with Crippen molar-refractivity contribution in [2.75, 3.05) is 13.1 Å². The van der Waals surface area contributed by atoms with Gasteiger partial charge in [-0.05, 0) is 58.6 Å². The van der Waals surface area contributed by atoms with Crippen molar-refractivity contribution in [2.24, 2.45) is 5.41 Å². The number of pyridine rings is 1. The van der Waals surface area contributed by atoms with Crippen molar-refractivity contribution in [3.05, 3.63) is 22.8 Å². The largest absolute Gasteiger partial charge is 0.474 e. The Morgan fingerprint density at radius 3 is 2.48 bits per heavy atom. The van der Waals surface area contributed by atoms with E-state index in [0.29, 0.717) is 13.1 Å². The summed E-state index contributed by atoms with van der Waals surface area (Å²) in [6.45, 7) is 6.89. The van der Waals surface area contributed by atoms with Crippen molar-refractivity contribution in [1.29, 1.82) is 0 Å². The van der Waals surface area contributed by atoms with Crippen LogP contribution >= 0.6 is 11.6 Å². The first-order valence-electron chi connectivity index (χ1n) is 9.16. The fourth-order valence-electron chi connectivity index (χ4n) is 3.70. The highest BCUT2D eigenvalue weighted by Gasteiger charge is 2.48. The topological polar surface area (TPSA) is 51.7 Å². The zero-order valence-corrected chi connectivity index (χ0v) is 16.6. The van der Waals surface area contributed by atoms with E-state index in [1.54, 1.807) is 4.90 Å². The number of hydrogen-bond acceptors (Lipinski definition) is 4. The van der Waals surface area contributed by atoms with Crippen molar-refractivity contribution in [1.82, 2.24) is 9.88 Å². The lowest BCUT2D eigenvalue weighted by molar-refractivity contribution is -0.0612. The Labute approximate surface area is 163 Å². The molecule has 0 atom stereocenters. The highest BCUT2D eigenvalue weighted by molar-refractivity contribution is 6.29. The lowest BCUT2D eigenvalue weighted by atomic mass is 9.68. The molecule has 1 aliphatic carbocycles. The van der Waals surface area contributed by atoms with E-state index in [4.69, 9.17) is 21.1 Å². The first-order chi connectivity index (χ1) is 12.6. The maximum Gasteiger partial charge on any atom is 0.410 e. The summed E-state index contributed by atoms with van der Waals surface area (Å²) in [5.74, 6) is -0.0811. The third-order valence-electron chi connectivity index (χ3n) is 5.07. The molecule has 150 valence electrons. The van der Waals surface area contributed by atoms with Crippen LogP contribution in [0.4, 0.5) is 13.6 Å². The van der Waals surface area contributed by atoms with E-state index in [1.807, 2.05) is 20.8 Å². The van der Waals surface area contributed by atoms with E-state index >= 15 is 0 Å². The molecule has 8 heteroatoms. The second-order valence-electron chi connectivity index (χ2n) is 8.48. The van der Waals surface area contributed by atoms with Crippen LogP contribution in [0.5, 0.6) is 5.88 Å². The first-order valence-corrected chi connectivity index (χ1v) is 9.54. The lowest BCUT2D eigenvalue weighted by Crippen LogP contribution is -2.60. The highest BCUT2D eigenvalue weighted by Crippen LogP contribution is 2.45. The van der Waals surface area contributed by atoms with Crippen molar-refractivity contribution < 1.29 is 23.0 Å². The van der Waals surface area contributed by atoms with Crippen LogP contribution in [-0.2, 0) is 4.74 Å². The van der Waals surface area contributed by atoms with Crippen molar-refractivity contribution in [3.8, 4) is 5.88 Å². The van der Waals surface area contributed by atoms with Gasteiger partial charge in [0.25, 0.3) is 6.43 Å². The molecule has 0 aromatic carbocycles. The number of ether oxygens (including phenoxy) is 2. The Kier molecular flexibility index (Phi) is 5.52. The van der Waals surface area contributed by atoms with Crippen LogP contribution in [0.2, 0.25) is 5.15 Å². The van der Waals surface area contributed by atoms with Gasteiger partial charge >= 0.3 is 6.09 Å². The molecule has 1 aromatic heterocycles. The Morgan fingerprint density at radius 2 is 1.93 bits per heavy atom. The molecule has 3 rings (SSSR count). The Hall–Kier alpha value is -1.63. The van der Waals surface area contributed by atoms with Gasteiger partial charge in [0.15, 0.2) is 0 Å². The summed E-state index contributed by atoms with van der Waals surface area (Å²) in [4.78, 5) is 17.7. The smallest absolute Gasteiger partial charge is 0.410 e. The number of likely N-dealkylation sites (tertiary alicyclic amines) is 1. The number of carbonyl (C=O) groups excluding carboxylic acids is 1. The third kappa shape index (κ3) is 4.81. The molecule has 1 saturated heterocycles. The van der Waals surface area contributed by atoms with Crippen LogP contribution < -0.4 is 4.74 Å². The van der Waals surface area contributed by atoms with Gasteiger partial charge < -0.3 is 14.4 Å². The summed E-state index contributed by atoms with van der Waals surface area (Å²) in [6, 6.07) is 2.59. The quantitative estimate of drug-likeness (QED) is 0.649. The molecule has 1 spiro atoms. The molecular weight excluding hydrogens is 378 g/mol. The third-order valence-corrected chi connectivity index (χ3v) is 5.28. The second kappa shape index (κ2) is 7.41. The van der Waals surface area contributed by atoms with E-state index in [-0.39, 0.29) is 34.2 Å². The first kappa shape index (κ1) is 20.1. The SMILES string of the molecule is CC(C)(C)OC(=O)N1CC2(CCC(Oc3nc(Cl)ccc3C(F)F)CC2)C1. The van der Waals surface area contributed by atoms with Crippen LogP contribution in [0.3, 0.4) is 0 Å². The molecule has 0 bridgehead atoms. The fourth-order valence-corrected chi connectivity index (χ4v) is 3.84. The van der Waals surface area contributed by atoms with E-state index in [2.05, 4.69) is 4.98 Å². The Morgan fingerprint density at radius 1 is 1.30 bits per heavy atom. The monoisotopic (exact) mass is 402 g/mol. The zero-order chi connectivity index (χ0) is 19.8. The van der Waals surface area contributed by atoms with Crippen LogP contribution in [0.25, 0.3) is 0 Å². The van der Waals surface area contributed by atoms with E-state index in [0.717, 1.165) is 25.7 Å². The molecule has 27 heavy (non-hydrogen) atoms. The van der Waals surface area contributed by atoms with Gasteiger partial charge in [-0.1, -0.05) is 11.6 Å². The standard InChI is InChI=1S/C19H25ClF2N2O3/c1-18(2,3)27-17(25)24-10-19(11-24)8-6-12(7-9-19)26-16-13(15(21)22)4-5-14(20)23-16/h4-5,12,15H,6-11H2,1-3H3. The van der Waals surface area contributed by atoms with Gasteiger partial charge in [-0.25, -0.2) is 18.6 Å². The predicted molar refractivity (Wildman–Crippen MR) is 97.3 cm³/mol. The number of aromatic nitrogens is 1. The molecular formula is C19H25ClF2N2O3. The van der Waals surface area contributed by atoms with Crippen LogP contribution in [0, 0.1) is 5.41 Å². The number of nitrogens with zero attached hydrogens (tertiary/aromatic N) is 2. The summed E-state index contributed by atoms with van der Waals surface area (Å²) in [5.41, 5.74) is -0.652. The highest BCUT2D eigenvalue weighted by atomic mass is 35.5. The van der Waals surface area contributed by atoms with Gasteiger partial charge in [-0.15, -0.1) is 0 Å². The average Bonchev–Trinajstić information content (AvgIpc) is 2.51. The maximum atomic E-state index is 13.1. The Balaban J connectivity index is 1.52. The van der Waals surface area contributed by atoms with Gasteiger partial charge in [0.2, 0.25) is 5.88 Å². The van der Waals surface area contributed by atoms with Crippen molar-refractivity contribution in [3.63, 3.8) is 0 Å². The molecule has 1 aliphatic heterocycles. The molecule has 0 N–H and O–H groups in total. The Bertz CT molecular complexity index is 693. The van der Waals surface area contributed by atoms with Crippen LogP contribution in [-0.4, -0.2) is 40.8 Å². The number of rotatable bonds is 3. The minimum Gasteiger partial charge on any atom is -0.474 e. The lowest BCUT2D eigenvalue weighted by Gasteiger charge is -2.53. The molecule has 2 aliphatic rings. The molecule has 0 unspecified atom stereocenters.